The van der Waals surface area contributed by atoms with Crippen LogP contribution in [0.2, 0.25) is 0 Å². The van der Waals surface area contributed by atoms with Gasteiger partial charge in [-0.05, 0) is 36.8 Å². The van der Waals surface area contributed by atoms with Crippen LogP contribution in [-0.2, 0) is 13.1 Å². The van der Waals surface area contributed by atoms with Crippen molar-refractivity contribution in [3.63, 3.8) is 0 Å². The minimum Gasteiger partial charge on any atom is -0.495 e. The highest BCUT2D eigenvalue weighted by Gasteiger charge is 2.08. The van der Waals surface area contributed by atoms with E-state index in [1.165, 1.54) is 11.1 Å². The summed E-state index contributed by atoms with van der Waals surface area (Å²) in [5.41, 5.74) is 4.16. The molecular formula is C21H23N3O2. The molecule has 0 saturated heterocycles. The second kappa shape index (κ2) is 8.25. The number of hydrogen-bond donors (Lipinski definition) is 2. The van der Waals surface area contributed by atoms with Crippen molar-refractivity contribution in [2.24, 2.45) is 0 Å². The highest BCUT2D eigenvalue weighted by molar-refractivity contribution is 5.90. The van der Waals surface area contributed by atoms with Crippen molar-refractivity contribution in [1.29, 1.82) is 0 Å². The number of para-hydroxylation sites is 2. The summed E-state index contributed by atoms with van der Waals surface area (Å²) in [7, 11) is 1.58. The summed E-state index contributed by atoms with van der Waals surface area (Å²) in [6.07, 6.45) is 2.03. The molecule has 0 spiro atoms. The Morgan fingerprint density at radius 2 is 1.92 bits per heavy atom. The second-order valence-corrected chi connectivity index (χ2v) is 6.12. The molecule has 0 aliphatic carbocycles. The van der Waals surface area contributed by atoms with Crippen LogP contribution in [0.1, 0.15) is 16.8 Å². The third-order valence-corrected chi connectivity index (χ3v) is 4.14. The Kier molecular flexibility index (Phi) is 5.59. The van der Waals surface area contributed by atoms with Gasteiger partial charge in [-0.15, -0.1) is 0 Å². The largest absolute Gasteiger partial charge is 0.495 e. The summed E-state index contributed by atoms with van der Waals surface area (Å²) in [5.74, 6) is 0.630. The number of urea groups is 1. The van der Waals surface area contributed by atoms with E-state index in [-0.39, 0.29) is 6.03 Å². The molecule has 0 saturated carbocycles. The van der Waals surface area contributed by atoms with Crippen LogP contribution < -0.4 is 15.4 Å². The molecule has 134 valence electrons. The fourth-order valence-electron chi connectivity index (χ4n) is 2.86. The summed E-state index contributed by atoms with van der Waals surface area (Å²) in [6, 6.07) is 19.5. The molecule has 1 heterocycles. The maximum absolute atomic E-state index is 12.2. The first kappa shape index (κ1) is 17.6. The van der Waals surface area contributed by atoms with Crippen LogP contribution in [0.5, 0.6) is 5.75 Å². The van der Waals surface area contributed by atoms with Gasteiger partial charge in [0, 0.05) is 18.4 Å². The molecule has 1 aromatic heterocycles. The molecule has 0 radical (unpaired) electrons. The van der Waals surface area contributed by atoms with Gasteiger partial charge in [0.1, 0.15) is 5.75 Å². The molecule has 2 N–H and O–H groups in total. The van der Waals surface area contributed by atoms with Gasteiger partial charge in [-0.2, -0.15) is 0 Å². The molecule has 3 rings (SSSR count). The van der Waals surface area contributed by atoms with Crippen molar-refractivity contribution >= 4 is 11.7 Å². The van der Waals surface area contributed by atoms with Crippen molar-refractivity contribution < 1.29 is 9.53 Å². The lowest BCUT2D eigenvalue weighted by molar-refractivity contribution is 0.251. The van der Waals surface area contributed by atoms with Gasteiger partial charge in [0.05, 0.1) is 19.3 Å². The zero-order valence-electron chi connectivity index (χ0n) is 15.0. The lowest BCUT2D eigenvalue weighted by Gasteiger charge is -2.13. The topological polar surface area (TPSA) is 55.3 Å². The summed E-state index contributed by atoms with van der Waals surface area (Å²) in [6.45, 7) is 3.31. The van der Waals surface area contributed by atoms with Crippen molar-refractivity contribution in [3.8, 4) is 5.75 Å². The Morgan fingerprint density at radius 3 is 2.73 bits per heavy atom. The quantitative estimate of drug-likeness (QED) is 0.701. The predicted octanol–water partition coefficient (Wildman–Crippen LogP) is 4.18. The maximum atomic E-state index is 12.2. The predicted molar refractivity (Wildman–Crippen MR) is 104 cm³/mol. The van der Waals surface area contributed by atoms with Gasteiger partial charge in [-0.25, -0.2) is 4.79 Å². The average molecular weight is 349 g/mol. The Balaban J connectivity index is 1.60. The number of aryl methyl sites for hydroxylation is 1. The molecule has 2 aromatic carbocycles. The Morgan fingerprint density at radius 1 is 1.08 bits per heavy atom. The molecule has 0 aliphatic rings. The second-order valence-electron chi connectivity index (χ2n) is 6.12. The van der Waals surface area contributed by atoms with Gasteiger partial charge in [0.2, 0.25) is 0 Å². The first-order valence-corrected chi connectivity index (χ1v) is 8.53. The highest BCUT2D eigenvalue weighted by atomic mass is 16.5. The number of carbonyl (C=O) groups is 1. The smallest absolute Gasteiger partial charge is 0.319 e. The van der Waals surface area contributed by atoms with Gasteiger partial charge >= 0.3 is 6.03 Å². The zero-order valence-corrected chi connectivity index (χ0v) is 15.0. The van der Waals surface area contributed by atoms with Crippen molar-refractivity contribution in [2.75, 3.05) is 12.4 Å². The molecular weight excluding hydrogens is 326 g/mol. The number of amides is 2. The van der Waals surface area contributed by atoms with E-state index < -0.39 is 0 Å². The molecule has 0 aliphatic heterocycles. The molecule has 0 fully saturated rings. The van der Waals surface area contributed by atoms with Crippen molar-refractivity contribution in [1.82, 2.24) is 9.88 Å². The van der Waals surface area contributed by atoms with Gasteiger partial charge in [0.15, 0.2) is 0 Å². The van der Waals surface area contributed by atoms with Gasteiger partial charge in [0.25, 0.3) is 0 Å². The first-order chi connectivity index (χ1) is 12.7. The van der Waals surface area contributed by atoms with Crippen LogP contribution in [0.15, 0.2) is 66.9 Å². The Bertz CT molecular complexity index is 886. The van der Waals surface area contributed by atoms with Crippen LogP contribution in [0.25, 0.3) is 0 Å². The summed E-state index contributed by atoms with van der Waals surface area (Å²) < 4.78 is 7.38. The lowest BCUT2D eigenvalue weighted by Crippen LogP contribution is -2.29. The number of hydrogen-bond acceptors (Lipinski definition) is 2. The van der Waals surface area contributed by atoms with Crippen LogP contribution >= 0.6 is 0 Å². The van der Waals surface area contributed by atoms with Crippen molar-refractivity contribution in [3.05, 3.63) is 83.7 Å². The van der Waals surface area contributed by atoms with E-state index in [4.69, 9.17) is 4.74 Å². The number of aromatic nitrogens is 1. The lowest BCUT2D eigenvalue weighted by atomic mass is 10.1. The van der Waals surface area contributed by atoms with E-state index in [0.29, 0.717) is 18.0 Å². The van der Waals surface area contributed by atoms with E-state index in [1.54, 1.807) is 13.2 Å². The number of nitrogens with one attached hydrogen (secondary N) is 2. The normalized spacial score (nSPS) is 10.4. The van der Waals surface area contributed by atoms with Crippen molar-refractivity contribution in [2.45, 2.75) is 20.0 Å². The number of ether oxygens (including phenoxy) is 1. The number of carbonyl (C=O) groups excluding carboxylic acids is 1. The highest BCUT2D eigenvalue weighted by Crippen LogP contribution is 2.22. The number of anilines is 1. The third kappa shape index (κ3) is 4.45. The van der Waals surface area contributed by atoms with E-state index >= 15 is 0 Å². The van der Waals surface area contributed by atoms with E-state index in [9.17, 15) is 4.79 Å². The fourth-order valence-corrected chi connectivity index (χ4v) is 2.86. The zero-order chi connectivity index (χ0) is 18.4. The number of benzene rings is 2. The van der Waals surface area contributed by atoms with Crippen LogP contribution in [-0.4, -0.2) is 17.7 Å². The van der Waals surface area contributed by atoms with Crippen LogP contribution in [0, 0.1) is 6.92 Å². The van der Waals surface area contributed by atoms with Crippen LogP contribution in [0.3, 0.4) is 0 Å². The molecule has 0 atom stereocenters. The van der Waals surface area contributed by atoms with Gasteiger partial charge in [-0.1, -0.05) is 42.0 Å². The summed E-state index contributed by atoms with van der Waals surface area (Å²) >= 11 is 0. The number of methoxy groups -OCH3 is 1. The van der Waals surface area contributed by atoms with Crippen LogP contribution in [0.4, 0.5) is 10.5 Å². The standard InChI is InChI=1S/C21H23N3O2/c1-16-7-5-8-17(13-16)15-24-12-6-9-18(24)14-22-21(25)23-19-10-3-4-11-20(19)26-2/h3-13H,14-15H2,1-2H3,(H2,22,23,25). The molecule has 2 amide bonds. The minimum atomic E-state index is -0.266. The minimum absolute atomic E-state index is 0.266. The third-order valence-electron chi connectivity index (χ3n) is 4.14. The maximum Gasteiger partial charge on any atom is 0.319 e. The summed E-state index contributed by atoms with van der Waals surface area (Å²) in [5, 5.41) is 5.71. The fraction of sp³-hybridized carbons (Fsp3) is 0.190. The van der Waals surface area contributed by atoms with E-state index in [1.807, 2.05) is 36.5 Å². The molecule has 3 aromatic rings. The number of nitrogens with zero attached hydrogens (tertiary/aromatic N) is 1. The first-order valence-electron chi connectivity index (χ1n) is 8.53. The number of rotatable bonds is 6. The molecule has 5 nitrogen and oxygen atoms in total. The van der Waals surface area contributed by atoms with Gasteiger partial charge < -0.3 is 19.9 Å². The monoisotopic (exact) mass is 349 g/mol. The average Bonchev–Trinajstić information content (AvgIpc) is 3.07. The molecule has 26 heavy (non-hydrogen) atoms. The SMILES string of the molecule is COc1ccccc1NC(=O)NCc1cccn1Cc1cccc(C)c1. The molecule has 0 unspecified atom stereocenters. The van der Waals surface area contributed by atoms with E-state index in [0.717, 1.165) is 12.2 Å². The summed E-state index contributed by atoms with van der Waals surface area (Å²) in [4.78, 5) is 12.2. The molecule has 5 heteroatoms. The van der Waals surface area contributed by atoms with E-state index in [2.05, 4.69) is 46.4 Å². The molecule has 0 bridgehead atoms. The Labute approximate surface area is 153 Å². The Hall–Kier alpha value is -3.21. The van der Waals surface area contributed by atoms with Gasteiger partial charge in [-0.3, -0.25) is 0 Å².